The van der Waals surface area contributed by atoms with Crippen LogP contribution in [0.25, 0.3) is 22.0 Å². The highest BCUT2D eigenvalue weighted by molar-refractivity contribution is 5.83. The number of hydrogen-bond acceptors (Lipinski definition) is 5. The molecular weight excluding hydrogens is 340 g/mol. The molecule has 0 unspecified atom stereocenters. The summed E-state index contributed by atoms with van der Waals surface area (Å²) < 4.78 is 6.84. The third kappa shape index (κ3) is 3.37. The standard InChI is InChI=1S/C21H18N4O2/c1-27-17-4-2-3-14(9-17)12-25-13-24-19-10-15(5-6-18(19)21(25)26)16-7-8-23-20(22)11-16/h2-11,13H,12H2,1H3,(H2,22,23). The van der Waals surface area contributed by atoms with Gasteiger partial charge >= 0.3 is 0 Å². The second-order valence-corrected chi connectivity index (χ2v) is 6.23. The van der Waals surface area contributed by atoms with Crippen LogP contribution in [0.1, 0.15) is 5.56 Å². The van der Waals surface area contributed by atoms with E-state index in [9.17, 15) is 4.79 Å². The molecule has 0 aliphatic carbocycles. The summed E-state index contributed by atoms with van der Waals surface area (Å²) in [5.41, 5.74) is 9.17. The molecule has 0 aliphatic heterocycles. The molecule has 0 radical (unpaired) electrons. The van der Waals surface area contributed by atoms with Gasteiger partial charge in [-0.3, -0.25) is 9.36 Å². The number of nitrogen functional groups attached to an aromatic ring is 1. The molecule has 0 saturated carbocycles. The van der Waals surface area contributed by atoms with Crippen LogP contribution in [0.4, 0.5) is 5.82 Å². The van der Waals surface area contributed by atoms with Crippen LogP contribution in [0.15, 0.2) is 71.9 Å². The number of methoxy groups -OCH3 is 1. The minimum Gasteiger partial charge on any atom is -0.497 e. The quantitative estimate of drug-likeness (QED) is 0.606. The third-order valence-corrected chi connectivity index (χ3v) is 4.43. The normalized spacial score (nSPS) is 10.9. The lowest BCUT2D eigenvalue weighted by Crippen LogP contribution is -2.21. The van der Waals surface area contributed by atoms with Gasteiger partial charge in [0.25, 0.3) is 5.56 Å². The fourth-order valence-corrected chi connectivity index (χ4v) is 3.05. The van der Waals surface area contributed by atoms with E-state index < -0.39 is 0 Å². The minimum absolute atomic E-state index is 0.0800. The third-order valence-electron chi connectivity index (χ3n) is 4.43. The van der Waals surface area contributed by atoms with Gasteiger partial charge in [0, 0.05) is 6.20 Å². The van der Waals surface area contributed by atoms with Gasteiger partial charge in [0.1, 0.15) is 11.6 Å². The van der Waals surface area contributed by atoms with E-state index in [1.807, 2.05) is 42.5 Å². The maximum atomic E-state index is 12.9. The Kier molecular flexibility index (Phi) is 4.30. The van der Waals surface area contributed by atoms with Crippen LogP contribution in [0.3, 0.4) is 0 Å². The van der Waals surface area contributed by atoms with Crippen LogP contribution in [0.5, 0.6) is 5.75 Å². The molecule has 0 amide bonds. The molecular formula is C21H18N4O2. The number of hydrogen-bond donors (Lipinski definition) is 1. The second kappa shape index (κ2) is 6.92. The molecule has 2 heterocycles. The van der Waals surface area contributed by atoms with Gasteiger partial charge in [0.05, 0.1) is 30.9 Å². The summed E-state index contributed by atoms with van der Waals surface area (Å²) in [5.74, 6) is 1.21. The van der Waals surface area contributed by atoms with Crippen molar-refractivity contribution in [2.24, 2.45) is 0 Å². The van der Waals surface area contributed by atoms with Crippen molar-refractivity contribution in [2.75, 3.05) is 12.8 Å². The molecule has 6 nitrogen and oxygen atoms in total. The summed E-state index contributed by atoms with van der Waals surface area (Å²) in [6, 6.07) is 16.9. The molecule has 134 valence electrons. The number of benzene rings is 2. The maximum absolute atomic E-state index is 12.9. The summed E-state index contributed by atoms with van der Waals surface area (Å²) in [5, 5.41) is 0.575. The van der Waals surface area contributed by atoms with E-state index in [1.54, 1.807) is 36.3 Å². The highest BCUT2D eigenvalue weighted by atomic mass is 16.5. The van der Waals surface area contributed by atoms with Crippen molar-refractivity contribution in [2.45, 2.75) is 6.54 Å². The Morgan fingerprint density at radius 1 is 1.04 bits per heavy atom. The molecule has 27 heavy (non-hydrogen) atoms. The Bertz CT molecular complexity index is 1180. The van der Waals surface area contributed by atoms with Crippen LogP contribution < -0.4 is 16.0 Å². The summed E-state index contributed by atoms with van der Waals surface area (Å²) in [4.78, 5) is 21.3. The average Bonchev–Trinajstić information content (AvgIpc) is 2.70. The van der Waals surface area contributed by atoms with Gasteiger partial charge in [-0.2, -0.15) is 0 Å². The zero-order valence-corrected chi connectivity index (χ0v) is 14.8. The smallest absolute Gasteiger partial charge is 0.261 e. The molecule has 0 spiro atoms. The van der Waals surface area contributed by atoms with E-state index in [4.69, 9.17) is 10.5 Å². The zero-order valence-electron chi connectivity index (χ0n) is 14.8. The minimum atomic E-state index is -0.0800. The van der Waals surface area contributed by atoms with Crippen molar-refractivity contribution in [3.05, 3.63) is 83.0 Å². The molecule has 0 aliphatic rings. The number of anilines is 1. The van der Waals surface area contributed by atoms with Gasteiger partial charge in [-0.25, -0.2) is 9.97 Å². The van der Waals surface area contributed by atoms with E-state index in [1.165, 1.54) is 0 Å². The van der Waals surface area contributed by atoms with Gasteiger partial charge in [-0.15, -0.1) is 0 Å². The predicted octanol–water partition coefficient (Wildman–Crippen LogP) is 3.10. The van der Waals surface area contributed by atoms with E-state index in [2.05, 4.69) is 9.97 Å². The lowest BCUT2D eigenvalue weighted by atomic mass is 10.1. The molecule has 0 atom stereocenters. The molecule has 2 aromatic carbocycles. The Morgan fingerprint density at radius 3 is 2.70 bits per heavy atom. The van der Waals surface area contributed by atoms with Crippen LogP contribution in [-0.4, -0.2) is 21.6 Å². The number of pyridine rings is 1. The van der Waals surface area contributed by atoms with Crippen LogP contribution in [-0.2, 0) is 6.54 Å². The van der Waals surface area contributed by atoms with Crippen molar-refractivity contribution in [3.63, 3.8) is 0 Å². The maximum Gasteiger partial charge on any atom is 0.261 e. The largest absolute Gasteiger partial charge is 0.497 e. The first-order valence-corrected chi connectivity index (χ1v) is 8.48. The van der Waals surface area contributed by atoms with Crippen LogP contribution >= 0.6 is 0 Å². The molecule has 4 aromatic rings. The second-order valence-electron chi connectivity index (χ2n) is 6.23. The van der Waals surface area contributed by atoms with Crippen molar-refractivity contribution in [1.82, 2.24) is 14.5 Å². The highest BCUT2D eigenvalue weighted by Gasteiger charge is 2.08. The van der Waals surface area contributed by atoms with Crippen molar-refractivity contribution in [1.29, 1.82) is 0 Å². The van der Waals surface area contributed by atoms with Gasteiger partial charge in [0.2, 0.25) is 0 Å². The van der Waals surface area contributed by atoms with Gasteiger partial charge < -0.3 is 10.5 Å². The number of nitrogens with two attached hydrogens (primary N) is 1. The Labute approximate surface area is 155 Å². The zero-order chi connectivity index (χ0) is 18.8. The summed E-state index contributed by atoms with van der Waals surface area (Å²) in [6.07, 6.45) is 3.24. The topological polar surface area (TPSA) is 83.0 Å². The van der Waals surface area contributed by atoms with E-state index >= 15 is 0 Å². The lowest BCUT2D eigenvalue weighted by molar-refractivity contribution is 0.414. The summed E-state index contributed by atoms with van der Waals surface area (Å²) >= 11 is 0. The average molecular weight is 358 g/mol. The number of aromatic nitrogens is 3. The van der Waals surface area contributed by atoms with Crippen molar-refractivity contribution < 1.29 is 4.74 Å². The fourth-order valence-electron chi connectivity index (χ4n) is 3.05. The molecule has 0 bridgehead atoms. The molecule has 4 rings (SSSR count). The summed E-state index contributed by atoms with van der Waals surface area (Å²) in [6.45, 7) is 0.432. The SMILES string of the molecule is COc1cccc(Cn2cnc3cc(-c4ccnc(N)c4)ccc3c2=O)c1. The summed E-state index contributed by atoms with van der Waals surface area (Å²) in [7, 11) is 1.62. The molecule has 6 heteroatoms. The molecule has 2 aromatic heterocycles. The van der Waals surface area contributed by atoms with Crippen molar-refractivity contribution >= 4 is 16.7 Å². The van der Waals surface area contributed by atoms with Crippen LogP contribution in [0, 0.1) is 0 Å². The molecule has 2 N–H and O–H groups in total. The Hall–Kier alpha value is -3.67. The van der Waals surface area contributed by atoms with E-state index in [0.717, 1.165) is 22.4 Å². The Balaban J connectivity index is 1.72. The highest BCUT2D eigenvalue weighted by Crippen LogP contribution is 2.23. The number of fused-ring (bicyclic) bond motifs is 1. The van der Waals surface area contributed by atoms with E-state index in [0.29, 0.717) is 23.3 Å². The first-order chi connectivity index (χ1) is 13.1. The van der Waals surface area contributed by atoms with Gasteiger partial charge in [-0.05, 0) is 53.1 Å². The first kappa shape index (κ1) is 16.8. The van der Waals surface area contributed by atoms with E-state index in [-0.39, 0.29) is 5.56 Å². The first-order valence-electron chi connectivity index (χ1n) is 8.48. The number of nitrogens with zero attached hydrogens (tertiary/aromatic N) is 3. The lowest BCUT2D eigenvalue weighted by Gasteiger charge is -2.09. The van der Waals surface area contributed by atoms with Crippen molar-refractivity contribution in [3.8, 4) is 16.9 Å². The molecule has 0 saturated heterocycles. The number of ether oxygens (including phenoxy) is 1. The van der Waals surface area contributed by atoms with Gasteiger partial charge in [0.15, 0.2) is 0 Å². The monoisotopic (exact) mass is 358 g/mol. The molecule has 0 fully saturated rings. The van der Waals surface area contributed by atoms with Crippen LogP contribution in [0.2, 0.25) is 0 Å². The van der Waals surface area contributed by atoms with Gasteiger partial charge in [-0.1, -0.05) is 18.2 Å². The predicted molar refractivity (Wildman–Crippen MR) is 106 cm³/mol. The fraction of sp³-hybridized carbons (Fsp3) is 0.0952. The Morgan fingerprint density at radius 2 is 1.89 bits per heavy atom. The number of rotatable bonds is 4.